The van der Waals surface area contributed by atoms with Gasteiger partial charge >= 0.3 is 7.12 Å². The van der Waals surface area contributed by atoms with Gasteiger partial charge in [0, 0.05) is 9.94 Å². The molecule has 6 heteroatoms. The minimum absolute atomic E-state index is 0.0139. The van der Waals surface area contributed by atoms with Crippen molar-refractivity contribution in [3.8, 4) is 0 Å². The highest BCUT2D eigenvalue weighted by Crippen LogP contribution is 2.21. The van der Waals surface area contributed by atoms with Crippen LogP contribution in [-0.4, -0.2) is 17.2 Å². The molecule has 0 saturated carbocycles. The van der Waals surface area contributed by atoms with Crippen LogP contribution in [0.5, 0.6) is 0 Å². The third-order valence-electron chi connectivity index (χ3n) is 1.30. The number of rotatable bonds is 1. The van der Waals surface area contributed by atoms with E-state index >= 15 is 0 Å². The van der Waals surface area contributed by atoms with Gasteiger partial charge in [0.1, 0.15) is 5.82 Å². The Morgan fingerprint density at radius 3 is 2.50 bits per heavy atom. The molecule has 0 bridgehead atoms. The van der Waals surface area contributed by atoms with Gasteiger partial charge in [0.05, 0.1) is 5.02 Å². The smallest absolute Gasteiger partial charge is 0.423 e. The molecule has 0 heterocycles. The first kappa shape index (κ1) is 9.99. The van der Waals surface area contributed by atoms with Gasteiger partial charge in [0.25, 0.3) is 0 Å². The third-order valence-corrected chi connectivity index (χ3v) is 2.71. The summed E-state index contributed by atoms with van der Waals surface area (Å²) in [4.78, 5) is 0. The maximum atomic E-state index is 12.6. The summed E-state index contributed by atoms with van der Waals surface area (Å²) in [6.45, 7) is 0. The largest absolute Gasteiger partial charge is 0.489 e. The van der Waals surface area contributed by atoms with E-state index in [1.54, 1.807) is 0 Å². The van der Waals surface area contributed by atoms with Crippen LogP contribution in [0.15, 0.2) is 16.6 Å². The Labute approximate surface area is 82.2 Å². The Balaban J connectivity index is 3.28. The van der Waals surface area contributed by atoms with Crippen LogP contribution in [0.25, 0.3) is 0 Å². The lowest BCUT2D eigenvalue weighted by Gasteiger charge is -2.04. The molecule has 1 aromatic carbocycles. The van der Waals surface area contributed by atoms with Crippen molar-refractivity contribution in [3.05, 3.63) is 27.4 Å². The van der Waals surface area contributed by atoms with Crippen LogP contribution in [0, 0.1) is 5.82 Å². The molecule has 0 spiro atoms. The quantitative estimate of drug-likeness (QED) is 0.577. The molecule has 0 atom stereocenters. The van der Waals surface area contributed by atoms with Crippen LogP contribution in [0.2, 0.25) is 5.02 Å². The van der Waals surface area contributed by atoms with Gasteiger partial charge in [-0.2, -0.15) is 0 Å². The van der Waals surface area contributed by atoms with E-state index in [4.69, 9.17) is 21.6 Å². The number of hydrogen-bond donors (Lipinski definition) is 2. The van der Waals surface area contributed by atoms with Gasteiger partial charge in [0.15, 0.2) is 0 Å². The highest BCUT2D eigenvalue weighted by molar-refractivity contribution is 9.10. The number of halogens is 3. The summed E-state index contributed by atoms with van der Waals surface area (Å²) in [6.07, 6.45) is 0. The molecule has 1 aromatic rings. The number of benzene rings is 1. The van der Waals surface area contributed by atoms with E-state index in [2.05, 4.69) is 15.9 Å². The molecule has 0 radical (unpaired) electrons. The molecule has 2 N–H and O–H groups in total. The normalized spacial score (nSPS) is 10.1. The molecule has 0 unspecified atom stereocenters. The van der Waals surface area contributed by atoms with E-state index in [1.807, 2.05) is 0 Å². The zero-order valence-electron chi connectivity index (χ0n) is 5.76. The number of hydrogen-bond acceptors (Lipinski definition) is 2. The van der Waals surface area contributed by atoms with Gasteiger partial charge in [-0.1, -0.05) is 11.6 Å². The van der Waals surface area contributed by atoms with E-state index in [9.17, 15) is 4.39 Å². The maximum absolute atomic E-state index is 12.6. The van der Waals surface area contributed by atoms with Crippen LogP contribution in [0.1, 0.15) is 0 Å². The molecule has 0 aliphatic rings. The zero-order valence-corrected chi connectivity index (χ0v) is 8.10. The second kappa shape index (κ2) is 3.74. The molecule has 0 fully saturated rings. The summed E-state index contributed by atoms with van der Waals surface area (Å²) in [7, 11) is -1.73. The van der Waals surface area contributed by atoms with Crippen molar-refractivity contribution >= 4 is 40.1 Å². The van der Waals surface area contributed by atoms with E-state index in [1.165, 1.54) is 0 Å². The average molecular weight is 253 g/mol. The van der Waals surface area contributed by atoms with Crippen molar-refractivity contribution in [2.75, 3.05) is 0 Å². The Morgan fingerprint density at radius 1 is 1.42 bits per heavy atom. The van der Waals surface area contributed by atoms with Crippen molar-refractivity contribution in [2.45, 2.75) is 0 Å². The fraction of sp³-hybridized carbons (Fsp3) is 0. The lowest BCUT2D eigenvalue weighted by atomic mass is 9.80. The van der Waals surface area contributed by atoms with Crippen molar-refractivity contribution in [1.82, 2.24) is 0 Å². The van der Waals surface area contributed by atoms with E-state index in [-0.39, 0.29) is 10.5 Å². The highest BCUT2D eigenvalue weighted by atomic mass is 79.9. The molecule has 0 saturated heterocycles. The van der Waals surface area contributed by atoms with Gasteiger partial charge in [-0.05, 0) is 28.1 Å². The molecule has 12 heavy (non-hydrogen) atoms. The summed E-state index contributed by atoms with van der Waals surface area (Å²) < 4.78 is 12.9. The average Bonchev–Trinajstić information content (AvgIpc) is 1.96. The first-order valence-electron chi connectivity index (χ1n) is 3.03. The summed E-state index contributed by atoms with van der Waals surface area (Å²) >= 11 is 8.55. The Hall–Kier alpha value is -0.0951. The second-order valence-electron chi connectivity index (χ2n) is 2.16. The molecular weight excluding hydrogens is 249 g/mol. The predicted molar refractivity (Wildman–Crippen MR) is 48.9 cm³/mol. The summed E-state index contributed by atoms with van der Waals surface area (Å²) in [5.74, 6) is -0.605. The topological polar surface area (TPSA) is 40.5 Å². The van der Waals surface area contributed by atoms with Crippen molar-refractivity contribution in [2.24, 2.45) is 0 Å². The van der Waals surface area contributed by atoms with Gasteiger partial charge < -0.3 is 10.0 Å². The molecule has 0 aliphatic heterocycles. The first-order chi connectivity index (χ1) is 5.52. The minimum atomic E-state index is -1.73. The van der Waals surface area contributed by atoms with Crippen LogP contribution in [-0.2, 0) is 0 Å². The lowest BCUT2D eigenvalue weighted by Crippen LogP contribution is -2.31. The summed E-state index contributed by atoms with van der Waals surface area (Å²) in [5, 5.41) is 17.6. The molecule has 2 nitrogen and oxygen atoms in total. The van der Waals surface area contributed by atoms with Gasteiger partial charge in [-0.25, -0.2) is 4.39 Å². The van der Waals surface area contributed by atoms with Crippen LogP contribution >= 0.6 is 27.5 Å². The first-order valence-corrected chi connectivity index (χ1v) is 4.20. The van der Waals surface area contributed by atoms with Crippen molar-refractivity contribution in [1.29, 1.82) is 0 Å². The minimum Gasteiger partial charge on any atom is -0.423 e. The fourth-order valence-corrected chi connectivity index (χ4v) is 1.41. The predicted octanol–water partition coefficient (Wildman–Crippen LogP) is 0.921. The van der Waals surface area contributed by atoms with Crippen LogP contribution in [0.4, 0.5) is 4.39 Å². The zero-order chi connectivity index (χ0) is 9.30. The van der Waals surface area contributed by atoms with E-state index < -0.39 is 12.9 Å². The Morgan fingerprint density at radius 2 is 2.00 bits per heavy atom. The van der Waals surface area contributed by atoms with Crippen LogP contribution in [0.3, 0.4) is 0 Å². The maximum Gasteiger partial charge on any atom is 0.489 e. The molecule has 0 aliphatic carbocycles. The second-order valence-corrected chi connectivity index (χ2v) is 3.36. The summed E-state index contributed by atoms with van der Waals surface area (Å²) in [5.41, 5.74) is 0.0139. The molecule has 1 rings (SSSR count). The molecule has 0 aromatic heterocycles. The summed E-state index contributed by atoms with van der Waals surface area (Å²) in [6, 6.07) is 2.08. The van der Waals surface area contributed by atoms with Crippen molar-refractivity contribution < 1.29 is 14.4 Å². The van der Waals surface area contributed by atoms with Crippen LogP contribution < -0.4 is 5.46 Å². The van der Waals surface area contributed by atoms with E-state index in [0.29, 0.717) is 4.47 Å². The molecule has 0 amide bonds. The standard InChI is InChI=1S/C6H4BBrClFO2/c8-6-4(7(11)12)1-3(10)2-5(6)9/h1-2,11-12H. The third kappa shape index (κ3) is 1.98. The fourth-order valence-electron chi connectivity index (χ4n) is 0.764. The van der Waals surface area contributed by atoms with E-state index in [0.717, 1.165) is 12.1 Å². The Bertz CT molecular complexity index is 308. The monoisotopic (exact) mass is 252 g/mol. The van der Waals surface area contributed by atoms with Gasteiger partial charge in [-0.3, -0.25) is 0 Å². The SMILES string of the molecule is OB(O)c1cc(F)cc(Cl)c1Br. The highest BCUT2D eigenvalue weighted by Gasteiger charge is 2.17. The van der Waals surface area contributed by atoms with Crippen molar-refractivity contribution in [3.63, 3.8) is 0 Å². The molecular formula is C6H4BBrClFO2. The molecule has 64 valence electrons. The lowest BCUT2D eigenvalue weighted by molar-refractivity contribution is 0.425. The van der Waals surface area contributed by atoms with Gasteiger partial charge in [-0.15, -0.1) is 0 Å². The van der Waals surface area contributed by atoms with Gasteiger partial charge in [0.2, 0.25) is 0 Å². The Kier molecular flexibility index (Phi) is 3.12.